The zero-order valence-corrected chi connectivity index (χ0v) is 15.0. The van der Waals surface area contributed by atoms with Gasteiger partial charge in [-0.3, -0.25) is 4.79 Å². The largest absolute Gasteiger partial charge is 0.328 e. The summed E-state index contributed by atoms with van der Waals surface area (Å²) in [6.45, 7) is 1.80. The first kappa shape index (κ1) is 17.2. The minimum atomic E-state index is -0.531. The Labute approximate surface area is 159 Å². The predicted molar refractivity (Wildman–Crippen MR) is 101 cm³/mol. The third kappa shape index (κ3) is 3.29. The lowest BCUT2D eigenvalue weighted by Crippen LogP contribution is -2.31. The number of halogens is 2. The van der Waals surface area contributed by atoms with Crippen LogP contribution in [0.4, 0.5) is 16.0 Å². The van der Waals surface area contributed by atoms with E-state index in [1.807, 2.05) is 0 Å². The van der Waals surface area contributed by atoms with Crippen LogP contribution in [0.25, 0.3) is 0 Å². The third-order valence-electron chi connectivity index (χ3n) is 4.33. The molecular formula is C19H15ClFN5O. The first-order valence-corrected chi connectivity index (χ1v) is 8.60. The van der Waals surface area contributed by atoms with Crippen LogP contribution in [0.5, 0.6) is 0 Å². The normalized spacial score (nSPS) is 15.9. The van der Waals surface area contributed by atoms with Gasteiger partial charge in [0.25, 0.3) is 5.91 Å². The molecule has 1 amide bonds. The summed E-state index contributed by atoms with van der Waals surface area (Å²) in [4.78, 5) is 17.2. The average Bonchev–Trinajstić information content (AvgIpc) is 3.11. The molecule has 1 aromatic heterocycles. The molecule has 136 valence electrons. The SMILES string of the molecule is CC1=C(C(=O)Nc2ccc(Cl)cc2)[C@H](c2ccc(F)cc2)n2ncnc2N1. The van der Waals surface area contributed by atoms with E-state index in [0.717, 1.165) is 5.56 Å². The molecule has 0 aliphatic carbocycles. The van der Waals surface area contributed by atoms with Crippen molar-refractivity contribution in [1.82, 2.24) is 14.8 Å². The maximum Gasteiger partial charge on any atom is 0.255 e. The fourth-order valence-corrected chi connectivity index (χ4v) is 3.20. The van der Waals surface area contributed by atoms with Crippen LogP contribution >= 0.6 is 11.6 Å². The lowest BCUT2D eigenvalue weighted by molar-refractivity contribution is -0.113. The number of amides is 1. The van der Waals surface area contributed by atoms with Crippen molar-refractivity contribution in [2.45, 2.75) is 13.0 Å². The van der Waals surface area contributed by atoms with Crippen LogP contribution in [-0.2, 0) is 4.79 Å². The van der Waals surface area contributed by atoms with Crippen molar-refractivity contribution in [3.05, 3.63) is 82.5 Å². The van der Waals surface area contributed by atoms with Gasteiger partial charge in [0.15, 0.2) is 0 Å². The van der Waals surface area contributed by atoms with Crippen LogP contribution in [-0.4, -0.2) is 20.7 Å². The molecule has 0 radical (unpaired) electrons. The van der Waals surface area contributed by atoms with Crippen LogP contribution in [0.1, 0.15) is 18.5 Å². The van der Waals surface area contributed by atoms with Crippen LogP contribution < -0.4 is 10.6 Å². The Morgan fingerprint density at radius 3 is 2.59 bits per heavy atom. The molecule has 0 saturated carbocycles. The number of nitrogens with zero attached hydrogens (tertiary/aromatic N) is 3. The van der Waals surface area contributed by atoms with Gasteiger partial charge in [-0.15, -0.1) is 0 Å². The van der Waals surface area contributed by atoms with E-state index in [4.69, 9.17) is 11.6 Å². The van der Waals surface area contributed by atoms with Gasteiger partial charge in [0, 0.05) is 16.4 Å². The lowest BCUT2D eigenvalue weighted by atomic mass is 9.95. The van der Waals surface area contributed by atoms with E-state index < -0.39 is 6.04 Å². The maximum absolute atomic E-state index is 13.4. The van der Waals surface area contributed by atoms with Gasteiger partial charge >= 0.3 is 0 Å². The minimum Gasteiger partial charge on any atom is -0.328 e. The van der Waals surface area contributed by atoms with Gasteiger partial charge in [0.2, 0.25) is 5.95 Å². The highest BCUT2D eigenvalue weighted by Crippen LogP contribution is 2.35. The van der Waals surface area contributed by atoms with Crippen molar-refractivity contribution in [2.24, 2.45) is 0 Å². The smallest absolute Gasteiger partial charge is 0.255 e. The Morgan fingerprint density at radius 1 is 1.19 bits per heavy atom. The maximum atomic E-state index is 13.4. The van der Waals surface area contributed by atoms with Gasteiger partial charge in [0.1, 0.15) is 18.2 Å². The Morgan fingerprint density at radius 2 is 1.89 bits per heavy atom. The van der Waals surface area contributed by atoms with E-state index in [1.165, 1.54) is 18.5 Å². The topological polar surface area (TPSA) is 71.8 Å². The quantitative estimate of drug-likeness (QED) is 0.717. The molecule has 0 unspecified atom stereocenters. The highest BCUT2D eigenvalue weighted by molar-refractivity contribution is 6.30. The number of rotatable bonds is 3. The predicted octanol–water partition coefficient (Wildman–Crippen LogP) is 4.00. The van der Waals surface area contributed by atoms with Crippen LogP contribution in [0.3, 0.4) is 0 Å². The zero-order valence-electron chi connectivity index (χ0n) is 14.3. The van der Waals surface area contributed by atoms with Crippen molar-refractivity contribution in [3.63, 3.8) is 0 Å². The summed E-state index contributed by atoms with van der Waals surface area (Å²) in [7, 11) is 0. The second kappa shape index (κ2) is 6.85. The molecule has 2 N–H and O–H groups in total. The van der Waals surface area contributed by atoms with E-state index in [-0.39, 0.29) is 11.7 Å². The number of aromatic nitrogens is 3. The number of allylic oxidation sites excluding steroid dienone is 1. The summed E-state index contributed by atoms with van der Waals surface area (Å²) in [5.74, 6) is -0.123. The summed E-state index contributed by atoms with van der Waals surface area (Å²) < 4.78 is 15.0. The summed E-state index contributed by atoms with van der Waals surface area (Å²) >= 11 is 5.90. The number of nitrogens with one attached hydrogen (secondary N) is 2. The summed E-state index contributed by atoms with van der Waals surface area (Å²) in [6, 6.07) is 12.3. The Bertz CT molecular complexity index is 1030. The Hall–Kier alpha value is -3.19. The molecule has 8 heteroatoms. The fraction of sp³-hybridized carbons (Fsp3) is 0.105. The number of hydrogen-bond donors (Lipinski definition) is 2. The second-order valence-corrected chi connectivity index (χ2v) is 6.54. The zero-order chi connectivity index (χ0) is 19.0. The first-order chi connectivity index (χ1) is 13.0. The average molecular weight is 384 g/mol. The molecule has 0 fully saturated rings. The molecule has 0 spiro atoms. The second-order valence-electron chi connectivity index (χ2n) is 6.11. The van der Waals surface area contributed by atoms with E-state index in [0.29, 0.717) is 27.9 Å². The fourth-order valence-electron chi connectivity index (χ4n) is 3.07. The number of hydrogen-bond acceptors (Lipinski definition) is 4. The Kier molecular flexibility index (Phi) is 4.37. The van der Waals surface area contributed by atoms with Gasteiger partial charge < -0.3 is 10.6 Å². The number of fused-ring (bicyclic) bond motifs is 1. The van der Waals surface area contributed by atoms with Gasteiger partial charge in [-0.1, -0.05) is 23.7 Å². The molecule has 1 atom stereocenters. The monoisotopic (exact) mass is 383 g/mol. The molecule has 27 heavy (non-hydrogen) atoms. The summed E-state index contributed by atoms with van der Waals surface area (Å²) in [5.41, 5.74) is 2.46. The van der Waals surface area contributed by atoms with Crippen molar-refractivity contribution < 1.29 is 9.18 Å². The highest BCUT2D eigenvalue weighted by atomic mass is 35.5. The molecule has 2 heterocycles. The molecule has 2 aromatic carbocycles. The van der Waals surface area contributed by atoms with Crippen LogP contribution in [0.15, 0.2) is 66.1 Å². The van der Waals surface area contributed by atoms with E-state index in [2.05, 4.69) is 20.7 Å². The minimum absolute atomic E-state index is 0.294. The lowest BCUT2D eigenvalue weighted by Gasteiger charge is -2.28. The third-order valence-corrected chi connectivity index (χ3v) is 4.58. The number of anilines is 2. The van der Waals surface area contributed by atoms with Gasteiger partial charge in [-0.05, 0) is 48.9 Å². The van der Waals surface area contributed by atoms with E-state index in [1.54, 1.807) is 48.0 Å². The number of benzene rings is 2. The van der Waals surface area contributed by atoms with E-state index >= 15 is 0 Å². The standard InChI is InChI=1S/C19H15ClFN5O/c1-11-16(18(27)25-15-8-4-13(20)5-9-15)17(12-2-6-14(21)7-3-12)26-19(24-11)22-10-23-26/h2-10,17H,1H3,(H,25,27)(H,22,23,24)/t17-/m0/s1. The molecular weight excluding hydrogens is 369 g/mol. The summed E-state index contributed by atoms with van der Waals surface area (Å²) in [5, 5.41) is 10.8. The van der Waals surface area contributed by atoms with Crippen molar-refractivity contribution in [2.75, 3.05) is 10.6 Å². The van der Waals surface area contributed by atoms with Crippen LogP contribution in [0.2, 0.25) is 5.02 Å². The van der Waals surface area contributed by atoms with Crippen molar-refractivity contribution >= 4 is 29.1 Å². The number of carbonyl (C=O) groups is 1. The van der Waals surface area contributed by atoms with Crippen LogP contribution in [0, 0.1) is 5.82 Å². The van der Waals surface area contributed by atoms with E-state index in [9.17, 15) is 9.18 Å². The summed E-state index contributed by atoms with van der Waals surface area (Å²) in [6.07, 6.45) is 1.41. The van der Waals surface area contributed by atoms with Crippen molar-refractivity contribution in [3.8, 4) is 0 Å². The first-order valence-electron chi connectivity index (χ1n) is 8.22. The molecule has 1 aliphatic heterocycles. The highest BCUT2D eigenvalue weighted by Gasteiger charge is 2.33. The molecule has 0 saturated heterocycles. The van der Waals surface area contributed by atoms with Crippen molar-refractivity contribution in [1.29, 1.82) is 0 Å². The van der Waals surface area contributed by atoms with Gasteiger partial charge in [-0.2, -0.15) is 10.1 Å². The molecule has 4 rings (SSSR count). The molecule has 6 nitrogen and oxygen atoms in total. The van der Waals surface area contributed by atoms with Gasteiger partial charge in [-0.25, -0.2) is 9.07 Å². The Balaban J connectivity index is 1.74. The molecule has 1 aliphatic rings. The molecule has 0 bridgehead atoms. The molecule has 3 aromatic rings. The van der Waals surface area contributed by atoms with Gasteiger partial charge in [0.05, 0.1) is 5.57 Å². The number of carbonyl (C=O) groups excluding carboxylic acids is 1.